The van der Waals surface area contributed by atoms with Crippen molar-refractivity contribution in [3.05, 3.63) is 28.4 Å². The molecule has 0 unspecified atom stereocenters. The summed E-state index contributed by atoms with van der Waals surface area (Å²) < 4.78 is 0. The molecule has 0 spiro atoms. The number of nitrogens with one attached hydrogen (secondary N) is 2. The first-order chi connectivity index (χ1) is 5.25. The average molecular weight is 153 g/mol. The Morgan fingerprint density at radius 2 is 2.18 bits per heavy atom. The summed E-state index contributed by atoms with van der Waals surface area (Å²) in [7, 11) is 0. The molecule has 0 atom stereocenters. The van der Waals surface area contributed by atoms with Gasteiger partial charge in [0.25, 0.3) is 0 Å². The standard InChI is InChI=1S/C7H7N3O.2H2/c1-4-2-5-6(3-8-4)10-7(11)9-5;;/h2-3H,1H3,(H2,9,10,11);2*1H. The Balaban J connectivity index is 0.000000720. The van der Waals surface area contributed by atoms with Crippen molar-refractivity contribution in [3.8, 4) is 0 Å². The van der Waals surface area contributed by atoms with Crippen molar-refractivity contribution >= 4 is 11.0 Å². The molecule has 0 amide bonds. The molecule has 0 aliphatic heterocycles. The van der Waals surface area contributed by atoms with E-state index in [-0.39, 0.29) is 8.54 Å². The van der Waals surface area contributed by atoms with Crippen LogP contribution >= 0.6 is 0 Å². The molecular weight excluding hydrogens is 142 g/mol. The van der Waals surface area contributed by atoms with Gasteiger partial charge in [-0.25, -0.2) is 4.79 Å². The first-order valence-corrected chi connectivity index (χ1v) is 3.30. The first-order valence-electron chi connectivity index (χ1n) is 3.30. The van der Waals surface area contributed by atoms with E-state index in [4.69, 9.17) is 0 Å². The fourth-order valence-corrected chi connectivity index (χ4v) is 1.04. The third-order valence-electron chi connectivity index (χ3n) is 1.54. The van der Waals surface area contributed by atoms with Gasteiger partial charge in [0.15, 0.2) is 0 Å². The highest BCUT2D eigenvalue weighted by Gasteiger charge is 1.96. The fraction of sp³-hybridized carbons (Fsp3) is 0.143. The summed E-state index contributed by atoms with van der Waals surface area (Å²) in [6.45, 7) is 1.88. The average Bonchev–Trinajstić information content (AvgIpc) is 2.27. The van der Waals surface area contributed by atoms with Crippen LogP contribution in [0.1, 0.15) is 8.55 Å². The minimum atomic E-state index is -0.188. The third-order valence-corrected chi connectivity index (χ3v) is 1.54. The highest BCUT2D eigenvalue weighted by molar-refractivity contribution is 5.73. The first kappa shape index (κ1) is 6.15. The number of aromatic amines is 2. The second-order valence-electron chi connectivity index (χ2n) is 2.45. The lowest BCUT2D eigenvalue weighted by molar-refractivity contribution is 1.21. The van der Waals surface area contributed by atoms with E-state index >= 15 is 0 Å². The van der Waals surface area contributed by atoms with Crippen LogP contribution in [0.5, 0.6) is 0 Å². The van der Waals surface area contributed by atoms with Crippen LogP contribution in [0.2, 0.25) is 0 Å². The van der Waals surface area contributed by atoms with Gasteiger partial charge >= 0.3 is 5.69 Å². The maximum Gasteiger partial charge on any atom is 0.323 e. The molecule has 0 aromatic carbocycles. The van der Waals surface area contributed by atoms with Crippen molar-refractivity contribution in [3.63, 3.8) is 0 Å². The number of nitrogens with zero attached hydrogens (tertiary/aromatic N) is 1. The summed E-state index contributed by atoms with van der Waals surface area (Å²) in [5, 5.41) is 0. The highest BCUT2D eigenvalue weighted by atomic mass is 16.1. The highest BCUT2D eigenvalue weighted by Crippen LogP contribution is 2.04. The summed E-state index contributed by atoms with van der Waals surface area (Å²) >= 11 is 0. The van der Waals surface area contributed by atoms with Gasteiger partial charge in [-0.2, -0.15) is 0 Å². The molecule has 0 bridgehead atoms. The summed E-state index contributed by atoms with van der Waals surface area (Å²) in [6, 6.07) is 1.83. The Bertz CT molecular complexity index is 448. The molecule has 0 saturated heterocycles. The molecule has 4 nitrogen and oxygen atoms in total. The maximum atomic E-state index is 10.8. The Morgan fingerprint density at radius 1 is 1.45 bits per heavy atom. The minimum Gasteiger partial charge on any atom is -0.306 e. The molecule has 0 radical (unpaired) electrons. The normalized spacial score (nSPS) is 10.6. The van der Waals surface area contributed by atoms with E-state index in [1.54, 1.807) is 6.20 Å². The number of rotatable bonds is 0. The van der Waals surface area contributed by atoms with Crippen molar-refractivity contribution in [1.29, 1.82) is 0 Å². The van der Waals surface area contributed by atoms with Gasteiger partial charge in [-0.15, -0.1) is 0 Å². The van der Waals surface area contributed by atoms with Crippen LogP contribution in [0, 0.1) is 6.92 Å². The van der Waals surface area contributed by atoms with Crippen molar-refractivity contribution in [1.82, 2.24) is 15.0 Å². The number of fused-ring (bicyclic) bond motifs is 1. The van der Waals surface area contributed by atoms with Crippen molar-refractivity contribution in [2.45, 2.75) is 6.92 Å². The molecule has 2 rings (SSSR count). The zero-order chi connectivity index (χ0) is 7.84. The number of hydrogen-bond acceptors (Lipinski definition) is 2. The number of imidazole rings is 1. The summed E-state index contributed by atoms with van der Waals surface area (Å²) in [5.41, 5.74) is 2.27. The van der Waals surface area contributed by atoms with Gasteiger partial charge in [-0.05, 0) is 13.0 Å². The summed E-state index contributed by atoms with van der Waals surface area (Å²) in [6.07, 6.45) is 1.64. The van der Waals surface area contributed by atoms with Crippen LogP contribution in [-0.2, 0) is 0 Å². The molecule has 2 aromatic heterocycles. The van der Waals surface area contributed by atoms with E-state index in [2.05, 4.69) is 15.0 Å². The molecule has 0 fully saturated rings. The molecule has 0 aliphatic rings. The quantitative estimate of drug-likeness (QED) is 0.594. The Morgan fingerprint density at radius 3 is 3.00 bits per heavy atom. The van der Waals surface area contributed by atoms with E-state index in [1.165, 1.54) is 0 Å². The zero-order valence-corrected chi connectivity index (χ0v) is 6.01. The van der Waals surface area contributed by atoms with Gasteiger partial charge in [0, 0.05) is 8.55 Å². The van der Waals surface area contributed by atoms with E-state index < -0.39 is 0 Å². The number of pyridine rings is 1. The van der Waals surface area contributed by atoms with Crippen molar-refractivity contribution in [2.24, 2.45) is 0 Å². The molecule has 4 heteroatoms. The SMILES string of the molecule is Cc1cc2[nH]c(=O)[nH]c2cn1.[HH].[HH]. The number of H-pyrrole nitrogens is 2. The fourth-order valence-electron chi connectivity index (χ4n) is 1.04. The Labute approximate surface area is 65.3 Å². The van der Waals surface area contributed by atoms with Gasteiger partial charge in [-0.1, -0.05) is 0 Å². The van der Waals surface area contributed by atoms with E-state index in [9.17, 15) is 4.79 Å². The van der Waals surface area contributed by atoms with Crippen LogP contribution in [0.25, 0.3) is 11.0 Å². The molecule has 11 heavy (non-hydrogen) atoms. The molecular formula is C7H11N3O. The lowest BCUT2D eigenvalue weighted by atomic mass is 10.3. The third kappa shape index (κ3) is 0.920. The number of hydrogen-bond donors (Lipinski definition) is 2. The summed E-state index contributed by atoms with van der Waals surface area (Å²) in [4.78, 5) is 20.1. The largest absolute Gasteiger partial charge is 0.323 e. The maximum absolute atomic E-state index is 10.8. The molecule has 2 N–H and O–H groups in total. The Hall–Kier alpha value is -1.58. The second-order valence-corrected chi connectivity index (χ2v) is 2.45. The second kappa shape index (κ2) is 1.95. The molecule has 0 aliphatic carbocycles. The van der Waals surface area contributed by atoms with Crippen LogP contribution in [0.3, 0.4) is 0 Å². The smallest absolute Gasteiger partial charge is 0.306 e. The van der Waals surface area contributed by atoms with Gasteiger partial charge in [0.1, 0.15) is 0 Å². The molecule has 60 valence electrons. The predicted molar refractivity (Wildman–Crippen MR) is 45.7 cm³/mol. The van der Waals surface area contributed by atoms with Gasteiger partial charge < -0.3 is 9.97 Å². The molecule has 2 aromatic rings. The van der Waals surface area contributed by atoms with Gasteiger partial charge in [0.2, 0.25) is 0 Å². The van der Waals surface area contributed by atoms with Crippen LogP contribution in [-0.4, -0.2) is 15.0 Å². The lowest BCUT2D eigenvalue weighted by Crippen LogP contribution is -1.99. The molecule has 2 heterocycles. The van der Waals surface area contributed by atoms with Crippen molar-refractivity contribution in [2.75, 3.05) is 0 Å². The monoisotopic (exact) mass is 153 g/mol. The zero-order valence-electron chi connectivity index (χ0n) is 6.01. The predicted octanol–water partition coefficient (Wildman–Crippen LogP) is 1.05. The van der Waals surface area contributed by atoms with E-state index in [0.29, 0.717) is 0 Å². The van der Waals surface area contributed by atoms with Crippen LogP contribution in [0.4, 0.5) is 0 Å². The Kier molecular flexibility index (Phi) is 1.09. The number of aryl methyl sites for hydroxylation is 1. The van der Waals surface area contributed by atoms with Crippen molar-refractivity contribution < 1.29 is 2.85 Å². The van der Waals surface area contributed by atoms with E-state index in [0.717, 1.165) is 16.7 Å². The van der Waals surface area contributed by atoms with Gasteiger partial charge in [0.05, 0.1) is 17.2 Å². The summed E-state index contributed by atoms with van der Waals surface area (Å²) in [5.74, 6) is 0. The molecule has 0 saturated carbocycles. The van der Waals surface area contributed by atoms with Gasteiger partial charge in [-0.3, -0.25) is 4.98 Å². The lowest BCUT2D eigenvalue weighted by Gasteiger charge is -1.88. The number of aromatic nitrogens is 3. The van der Waals surface area contributed by atoms with E-state index in [1.807, 2.05) is 13.0 Å². The topological polar surface area (TPSA) is 61.5 Å². The van der Waals surface area contributed by atoms with Crippen LogP contribution < -0.4 is 5.69 Å². The minimum absolute atomic E-state index is 0. The van der Waals surface area contributed by atoms with Crippen LogP contribution in [0.15, 0.2) is 17.1 Å².